The van der Waals surface area contributed by atoms with E-state index in [9.17, 15) is 0 Å². The molecule has 0 amide bonds. The Morgan fingerprint density at radius 3 is 2.39 bits per heavy atom. The van der Waals surface area contributed by atoms with Gasteiger partial charge in [0.05, 0.1) is 0 Å². The Kier molecular flexibility index (Phi) is 14.6. The van der Waals surface area contributed by atoms with E-state index in [1.165, 1.54) is 0 Å². The molecule has 0 aliphatic heterocycles. The summed E-state index contributed by atoms with van der Waals surface area (Å²) in [6.45, 7) is 6.81. The maximum Gasteiger partial charge on any atom is 0.193 e. The molecule has 108 valence electrons. The average Bonchev–Trinajstić information content (AvgIpc) is 2.29. The number of halogens is 1. The fraction of sp³-hybridized carbons (Fsp3) is 0.769. The van der Waals surface area contributed by atoms with E-state index in [0.717, 1.165) is 44.9 Å². The molecule has 18 heavy (non-hydrogen) atoms. The molecule has 0 aliphatic carbocycles. The summed E-state index contributed by atoms with van der Waals surface area (Å²) in [7, 11) is 8.09. The van der Waals surface area contributed by atoms with Crippen molar-refractivity contribution in [1.82, 2.24) is 15.1 Å². The normalized spacial score (nSPS) is 11.1. The van der Waals surface area contributed by atoms with Gasteiger partial charge in [-0.15, -0.1) is 30.6 Å². The van der Waals surface area contributed by atoms with Gasteiger partial charge in [-0.05, 0) is 39.9 Å². The van der Waals surface area contributed by atoms with Crippen LogP contribution >= 0.6 is 24.0 Å². The smallest absolute Gasteiger partial charge is 0.193 e. The molecule has 0 aromatic carbocycles. The SMILES string of the molecule is C=CCCCN(C)C(=NC)NCCCN(C)C.I. The molecule has 0 aromatic heterocycles. The number of guanidine groups is 1. The van der Waals surface area contributed by atoms with E-state index in [1.807, 2.05) is 13.1 Å². The highest BCUT2D eigenvalue weighted by Crippen LogP contribution is 1.94. The summed E-state index contributed by atoms with van der Waals surface area (Å²) in [6.07, 6.45) is 5.27. The minimum Gasteiger partial charge on any atom is -0.356 e. The van der Waals surface area contributed by atoms with Crippen LogP contribution in [0, 0.1) is 0 Å². The lowest BCUT2D eigenvalue weighted by Gasteiger charge is -2.22. The van der Waals surface area contributed by atoms with Crippen LogP contribution < -0.4 is 5.32 Å². The fourth-order valence-electron chi connectivity index (χ4n) is 1.56. The van der Waals surface area contributed by atoms with Crippen molar-refractivity contribution in [2.24, 2.45) is 4.99 Å². The minimum absolute atomic E-state index is 0. The molecule has 0 fully saturated rings. The lowest BCUT2D eigenvalue weighted by molar-refractivity contribution is 0.396. The van der Waals surface area contributed by atoms with Crippen LogP contribution in [0.25, 0.3) is 0 Å². The maximum atomic E-state index is 4.28. The summed E-state index contributed by atoms with van der Waals surface area (Å²) in [5, 5.41) is 3.37. The fourth-order valence-corrected chi connectivity index (χ4v) is 1.56. The molecular weight excluding hydrogens is 339 g/mol. The number of nitrogens with zero attached hydrogens (tertiary/aromatic N) is 3. The van der Waals surface area contributed by atoms with Crippen LogP contribution in [-0.2, 0) is 0 Å². The highest BCUT2D eigenvalue weighted by Gasteiger charge is 2.03. The zero-order chi connectivity index (χ0) is 13.1. The average molecular weight is 368 g/mol. The van der Waals surface area contributed by atoms with Crippen molar-refractivity contribution in [3.8, 4) is 0 Å². The largest absolute Gasteiger partial charge is 0.356 e. The molecule has 0 aliphatic rings. The maximum absolute atomic E-state index is 4.28. The van der Waals surface area contributed by atoms with Gasteiger partial charge in [0.1, 0.15) is 0 Å². The van der Waals surface area contributed by atoms with Crippen molar-refractivity contribution in [1.29, 1.82) is 0 Å². The van der Waals surface area contributed by atoms with Gasteiger partial charge in [0, 0.05) is 27.2 Å². The summed E-state index contributed by atoms with van der Waals surface area (Å²) in [5.41, 5.74) is 0. The lowest BCUT2D eigenvalue weighted by atomic mass is 10.3. The first-order valence-electron chi connectivity index (χ1n) is 6.29. The number of hydrogen-bond donors (Lipinski definition) is 1. The van der Waals surface area contributed by atoms with Gasteiger partial charge in [-0.2, -0.15) is 0 Å². The van der Waals surface area contributed by atoms with Crippen molar-refractivity contribution >= 4 is 29.9 Å². The second-order valence-corrected chi connectivity index (χ2v) is 4.48. The quantitative estimate of drug-likeness (QED) is 0.234. The van der Waals surface area contributed by atoms with E-state index in [2.05, 4.69) is 47.8 Å². The molecular formula is C13H29IN4. The molecule has 0 radical (unpaired) electrons. The molecule has 0 saturated carbocycles. The van der Waals surface area contributed by atoms with Crippen LogP contribution in [0.2, 0.25) is 0 Å². The Morgan fingerprint density at radius 2 is 1.89 bits per heavy atom. The van der Waals surface area contributed by atoms with Gasteiger partial charge < -0.3 is 15.1 Å². The Labute approximate surface area is 130 Å². The second-order valence-electron chi connectivity index (χ2n) is 4.48. The molecule has 4 nitrogen and oxygen atoms in total. The highest BCUT2D eigenvalue weighted by atomic mass is 127. The first-order valence-corrected chi connectivity index (χ1v) is 6.29. The van der Waals surface area contributed by atoms with Crippen molar-refractivity contribution < 1.29 is 0 Å². The lowest BCUT2D eigenvalue weighted by Crippen LogP contribution is -2.40. The number of aliphatic imine (C=N–C) groups is 1. The third kappa shape index (κ3) is 10.8. The Bertz CT molecular complexity index is 229. The molecule has 5 heteroatoms. The molecule has 0 atom stereocenters. The summed E-state index contributed by atoms with van der Waals surface area (Å²) >= 11 is 0. The first kappa shape index (κ1) is 20.0. The van der Waals surface area contributed by atoms with E-state index < -0.39 is 0 Å². The zero-order valence-electron chi connectivity index (χ0n) is 12.3. The number of allylic oxidation sites excluding steroid dienone is 1. The number of unbranched alkanes of at least 4 members (excludes halogenated alkanes) is 1. The molecule has 0 heterocycles. The van der Waals surface area contributed by atoms with E-state index >= 15 is 0 Å². The third-order valence-electron chi connectivity index (χ3n) is 2.54. The molecule has 0 rings (SSSR count). The van der Waals surface area contributed by atoms with Crippen molar-refractivity contribution in [3.63, 3.8) is 0 Å². The molecule has 0 unspecified atom stereocenters. The van der Waals surface area contributed by atoms with Gasteiger partial charge in [-0.1, -0.05) is 6.08 Å². The Morgan fingerprint density at radius 1 is 1.22 bits per heavy atom. The van der Waals surface area contributed by atoms with E-state index in [4.69, 9.17) is 0 Å². The zero-order valence-corrected chi connectivity index (χ0v) is 14.6. The molecule has 0 aromatic rings. The van der Waals surface area contributed by atoms with Crippen LogP contribution in [-0.4, -0.2) is 63.6 Å². The van der Waals surface area contributed by atoms with Crippen molar-refractivity contribution in [2.45, 2.75) is 19.3 Å². The number of hydrogen-bond acceptors (Lipinski definition) is 2. The van der Waals surface area contributed by atoms with Gasteiger partial charge in [-0.25, -0.2) is 0 Å². The second kappa shape index (κ2) is 13.1. The van der Waals surface area contributed by atoms with E-state index in [-0.39, 0.29) is 24.0 Å². The Hall–Kier alpha value is -0.300. The van der Waals surface area contributed by atoms with Gasteiger partial charge in [0.15, 0.2) is 5.96 Å². The minimum atomic E-state index is 0. The van der Waals surface area contributed by atoms with Crippen molar-refractivity contribution in [3.05, 3.63) is 12.7 Å². The molecule has 0 saturated heterocycles. The predicted molar refractivity (Wildman–Crippen MR) is 92.0 cm³/mol. The summed E-state index contributed by atoms with van der Waals surface area (Å²) < 4.78 is 0. The van der Waals surface area contributed by atoms with E-state index in [0.29, 0.717) is 0 Å². The summed E-state index contributed by atoms with van der Waals surface area (Å²) in [4.78, 5) is 8.63. The van der Waals surface area contributed by atoms with Crippen LogP contribution in [0.5, 0.6) is 0 Å². The van der Waals surface area contributed by atoms with Gasteiger partial charge >= 0.3 is 0 Å². The van der Waals surface area contributed by atoms with Crippen LogP contribution in [0.15, 0.2) is 17.6 Å². The predicted octanol–water partition coefficient (Wildman–Crippen LogP) is 2.03. The molecule has 0 spiro atoms. The van der Waals surface area contributed by atoms with Crippen LogP contribution in [0.4, 0.5) is 0 Å². The number of nitrogens with one attached hydrogen (secondary N) is 1. The van der Waals surface area contributed by atoms with Gasteiger partial charge in [0.2, 0.25) is 0 Å². The summed E-state index contributed by atoms with van der Waals surface area (Å²) in [5.74, 6) is 0.979. The van der Waals surface area contributed by atoms with Crippen molar-refractivity contribution in [2.75, 3.05) is 47.8 Å². The van der Waals surface area contributed by atoms with Crippen LogP contribution in [0.1, 0.15) is 19.3 Å². The summed E-state index contributed by atoms with van der Waals surface area (Å²) in [6, 6.07) is 0. The van der Waals surface area contributed by atoms with E-state index in [1.54, 1.807) is 0 Å². The van der Waals surface area contributed by atoms with Crippen LogP contribution in [0.3, 0.4) is 0 Å². The van der Waals surface area contributed by atoms with Gasteiger partial charge in [-0.3, -0.25) is 4.99 Å². The molecule has 1 N–H and O–H groups in total. The third-order valence-corrected chi connectivity index (χ3v) is 2.54. The topological polar surface area (TPSA) is 30.9 Å². The standard InChI is InChI=1S/C13H28N4.HI/c1-6-7-8-12-17(5)13(14-2)15-10-9-11-16(3)4;/h6H,1,7-12H2,2-5H3,(H,14,15);1H. The Balaban J connectivity index is 0. The first-order chi connectivity index (χ1) is 8.11. The number of rotatable bonds is 8. The van der Waals surface area contributed by atoms with Gasteiger partial charge in [0.25, 0.3) is 0 Å². The highest BCUT2D eigenvalue weighted by molar-refractivity contribution is 14.0. The molecule has 0 bridgehead atoms. The monoisotopic (exact) mass is 368 g/mol.